The minimum atomic E-state index is -0.184. The van der Waals surface area contributed by atoms with Crippen LogP contribution < -0.4 is 0 Å². The molecule has 1 fully saturated rings. The number of epoxide rings is 1. The number of hydrogen-bond donors (Lipinski definition) is 0. The monoisotopic (exact) mass is 333 g/mol. The van der Waals surface area contributed by atoms with Gasteiger partial charge in [-0.15, -0.1) is 0 Å². The summed E-state index contributed by atoms with van der Waals surface area (Å²) in [4.78, 5) is 6.57. The predicted octanol–water partition coefficient (Wildman–Crippen LogP) is 3.26. The Bertz CT molecular complexity index is 941. The molecular weight excluding hydrogens is 310 g/mol. The predicted molar refractivity (Wildman–Crippen MR) is 98.6 cm³/mol. The average molecular weight is 333 g/mol. The smallest absolute Gasteiger partial charge is 0.134 e. The molecule has 0 radical (unpaired) electrons. The van der Waals surface area contributed by atoms with Gasteiger partial charge >= 0.3 is 0 Å². The van der Waals surface area contributed by atoms with E-state index < -0.39 is 0 Å². The summed E-state index contributed by atoms with van der Waals surface area (Å²) in [5, 5.41) is 1.41. The van der Waals surface area contributed by atoms with E-state index in [4.69, 9.17) is 4.74 Å². The summed E-state index contributed by atoms with van der Waals surface area (Å²) in [7, 11) is 2.21. The summed E-state index contributed by atoms with van der Waals surface area (Å²) in [5.74, 6) is 0. The molecule has 2 aromatic heterocycles. The maximum Gasteiger partial charge on any atom is 0.134 e. The number of benzene rings is 1. The zero-order valence-corrected chi connectivity index (χ0v) is 14.8. The van der Waals surface area contributed by atoms with Gasteiger partial charge in [0.2, 0.25) is 0 Å². The first kappa shape index (κ1) is 15.1. The van der Waals surface area contributed by atoms with Gasteiger partial charge in [-0.1, -0.05) is 11.6 Å². The summed E-state index contributed by atoms with van der Waals surface area (Å²) in [6.07, 6.45) is 4.83. The van der Waals surface area contributed by atoms with E-state index in [1.54, 1.807) is 0 Å². The number of fused-ring (bicyclic) bond motifs is 3. The summed E-state index contributed by atoms with van der Waals surface area (Å²) in [5.41, 5.74) is 6.71. The Morgan fingerprint density at radius 2 is 2.00 bits per heavy atom. The van der Waals surface area contributed by atoms with Gasteiger partial charge in [0.05, 0.1) is 13.2 Å². The van der Waals surface area contributed by atoms with E-state index in [-0.39, 0.29) is 5.60 Å². The quantitative estimate of drug-likeness (QED) is 0.690. The van der Waals surface area contributed by atoms with Gasteiger partial charge in [-0.3, -0.25) is 4.98 Å². The molecule has 4 nitrogen and oxygen atoms in total. The van der Waals surface area contributed by atoms with Crippen LogP contribution in [-0.4, -0.2) is 34.7 Å². The molecule has 0 spiro atoms. The molecule has 2 aliphatic heterocycles. The molecule has 1 saturated heterocycles. The molecule has 5 rings (SSSR count). The van der Waals surface area contributed by atoms with Gasteiger partial charge in [-0.2, -0.15) is 0 Å². The Labute approximate surface area is 148 Å². The van der Waals surface area contributed by atoms with Crippen LogP contribution in [0.2, 0.25) is 0 Å². The van der Waals surface area contributed by atoms with Crippen molar-refractivity contribution in [3.8, 4) is 0 Å². The van der Waals surface area contributed by atoms with Crippen molar-refractivity contribution in [1.82, 2.24) is 14.5 Å². The number of pyridine rings is 1. The fraction of sp³-hybridized carbons (Fsp3) is 0.381. The van der Waals surface area contributed by atoms with Crippen molar-refractivity contribution in [2.75, 3.05) is 20.2 Å². The normalized spacial score (nSPS) is 23.0. The van der Waals surface area contributed by atoms with Crippen molar-refractivity contribution < 1.29 is 4.74 Å². The van der Waals surface area contributed by atoms with Gasteiger partial charge in [0.1, 0.15) is 5.60 Å². The maximum absolute atomic E-state index is 5.98. The number of ether oxygens (including phenoxy) is 1. The van der Waals surface area contributed by atoms with Crippen LogP contribution in [0.3, 0.4) is 0 Å². The Morgan fingerprint density at radius 1 is 1.20 bits per heavy atom. The van der Waals surface area contributed by atoms with Gasteiger partial charge in [-0.25, -0.2) is 0 Å². The van der Waals surface area contributed by atoms with E-state index in [0.717, 1.165) is 32.7 Å². The SMILES string of the molecule is Cc1ccc2c(c1)c1c(n2CC2(c3ccncc3)CO2)CCN(C)C1. The largest absolute Gasteiger partial charge is 0.363 e. The highest BCUT2D eigenvalue weighted by Gasteiger charge is 2.47. The third kappa shape index (κ3) is 2.40. The molecule has 0 saturated carbocycles. The van der Waals surface area contributed by atoms with Gasteiger partial charge in [0.25, 0.3) is 0 Å². The summed E-state index contributed by atoms with van der Waals surface area (Å²) in [6.45, 7) is 6.00. The minimum Gasteiger partial charge on any atom is -0.363 e. The maximum atomic E-state index is 5.98. The highest BCUT2D eigenvalue weighted by molar-refractivity contribution is 5.86. The third-order valence-corrected chi connectivity index (χ3v) is 5.71. The first-order valence-electron chi connectivity index (χ1n) is 9.00. The van der Waals surface area contributed by atoms with Crippen LogP contribution in [0.15, 0.2) is 42.7 Å². The fourth-order valence-corrected chi connectivity index (χ4v) is 4.23. The molecule has 2 aliphatic rings. The molecule has 0 amide bonds. The summed E-state index contributed by atoms with van der Waals surface area (Å²) < 4.78 is 8.50. The fourth-order valence-electron chi connectivity index (χ4n) is 4.23. The van der Waals surface area contributed by atoms with E-state index in [1.807, 2.05) is 12.4 Å². The molecule has 25 heavy (non-hydrogen) atoms. The number of likely N-dealkylation sites (N-methyl/N-ethyl adjacent to an activating group) is 1. The second-order valence-electron chi connectivity index (χ2n) is 7.54. The lowest BCUT2D eigenvalue weighted by Gasteiger charge is -2.25. The lowest BCUT2D eigenvalue weighted by Crippen LogP contribution is -2.28. The first-order chi connectivity index (χ1) is 12.2. The number of hydrogen-bond acceptors (Lipinski definition) is 3. The molecule has 128 valence electrons. The molecule has 3 aromatic rings. The second kappa shape index (κ2) is 5.41. The highest BCUT2D eigenvalue weighted by Crippen LogP contribution is 2.42. The Kier molecular flexibility index (Phi) is 3.27. The molecule has 1 atom stereocenters. The summed E-state index contributed by atoms with van der Waals surface area (Å²) in [6, 6.07) is 11.0. The molecular formula is C21H23N3O. The first-order valence-corrected chi connectivity index (χ1v) is 9.00. The topological polar surface area (TPSA) is 33.6 Å². The van der Waals surface area contributed by atoms with E-state index in [0.29, 0.717) is 0 Å². The number of aromatic nitrogens is 2. The average Bonchev–Trinajstić information content (AvgIpc) is 3.36. The Morgan fingerprint density at radius 3 is 2.76 bits per heavy atom. The lowest BCUT2D eigenvalue weighted by atomic mass is 10.0. The van der Waals surface area contributed by atoms with Crippen LogP contribution in [-0.2, 0) is 29.8 Å². The van der Waals surface area contributed by atoms with E-state index in [1.165, 1.54) is 33.3 Å². The van der Waals surface area contributed by atoms with Crippen LogP contribution in [0.4, 0.5) is 0 Å². The van der Waals surface area contributed by atoms with Crippen LogP contribution in [0.25, 0.3) is 10.9 Å². The van der Waals surface area contributed by atoms with Crippen LogP contribution in [0, 0.1) is 6.92 Å². The molecule has 4 heterocycles. The van der Waals surface area contributed by atoms with Crippen molar-refractivity contribution in [2.45, 2.75) is 32.0 Å². The van der Waals surface area contributed by atoms with Crippen molar-refractivity contribution >= 4 is 10.9 Å². The molecule has 1 aromatic carbocycles. The minimum absolute atomic E-state index is 0.184. The van der Waals surface area contributed by atoms with Crippen molar-refractivity contribution in [2.24, 2.45) is 0 Å². The van der Waals surface area contributed by atoms with E-state index in [2.05, 4.69) is 58.8 Å². The molecule has 0 N–H and O–H groups in total. The van der Waals surface area contributed by atoms with Crippen LogP contribution in [0.1, 0.15) is 22.4 Å². The molecule has 0 bridgehead atoms. The number of nitrogens with zero attached hydrogens (tertiary/aromatic N) is 3. The van der Waals surface area contributed by atoms with Crippen LogP contribution in [0.5, 0.6) is 0 Å². The lowest BCUT2D eigenvalue weighted by molar-refractivity contribution is 0.270. The highest BCUT2D eigenvalue weighted by atomic mass is 16.6. The summed E-state index contributed by atoms with van der Waals surface area (Å²) >= 11 is 0. The Hall–Kier alpha value is -2.17. The molecule has 4 heteroatoms. The van der Waals surface area contributed by atoms with Gasteiger partial charge < -0.3 is 14.2 Å². The molecule has 0 aliphatic carbocycles. The standard InChI is InChI=1S/C21H23N3O/c1-15-3-4-19-17(11-15)18-12-23(2)10-7-20(18)24(19)13-21(14-25-21)16-5-8-22-9-6-16/h3-6,8-9,11H,7,10,12-14H2,1-2H3. The van der Waals surface area contributed by atoms with Crippen molar-refractivity contribution in [3.63, 3.8) is 0 Å². The Balaban J connectivity index is 1.64. The number of rotatable bonds is 3. The van der Waals surface area contributed by atoms with Gasteiger partial charge in [-0.05, 0) is 49.4 Å². The van der Waals surface area contributed by atoms with Gasteiger partial charge in [0, 0.05) is 48.5 Å². The van der Waals surface area contributed by atoms with E-state index >= 15 is 0 Å². The molecule has 1 unspecified atom stereocenters. The third-order valence-electron chi connectivity index (χ3n) is 5.71. The van der Waals surface area contributed by atoms with Crippen molar-refractivity contribution in [3.05, 3.63) is 65.1 Å². The second-order valence-corrected chi connectivity index (χ2v) is 7.54. The number of aryl methyl sites for hydroxylation is 1. The van der Waals surface area contributed by atoms with Crippen LogP contribution >= 0.6 is 0 Å². The van der Waals surface area contributed by atoms with Gasteiger partial charge in [0.15, 0.2) is 0 Å². The zero-order chi connectivity index (χ0) is 17.0. The van der Waals surface area contributed by atoms with E-state index in [9.17, 15) is 0 Å². The van der Waals surface area contributed by atoms with Crippen molar-refractivity contribution in [1.29, 1.82) is 0 Å². The zero-order valence-electron chi connectivity index (χ0n) is 14.8.